The number of methoxy groups -OCH3 is 2. The van der Waals surface area contributed by atoms with E-state index in [2.05, 4.69) is 0 Å². The van der Waals surface area contributed by atoms with Crippen LogP contribution in [-0.4, -0.2) is 66.3 Å². The third-order valence-corrected chi connectivity index (χ3v) is 6.65. The van der Waals surface area contributed by atoms with Gasteiger partial charge in [0.2, 0.25) is 17.7 Å². The van der Waals surface area contributed by atoms with Crippen LogP contribution in [0.2, 0.25) is 0 Å². The highest BCUT2D eigenvalue weighted by molar-refractivity contribution is 6.11. The number of esters is 1. The number of hydrogen-bond donors (Lipinski definition) is 0. The topological polar surface area (TPSA) is 93.2 Å². The Bertz CT molecular complexity index is 894. The van der Waals surface area contributed by atoms with E-state index in [1.54, 1.807) is 31.4 Å². The van der Waals surface area contributed by atoms with Crippen molar-refractivity contribution in [2.45, 2.75) is 62.4 Å². The molecule has 3 aliphatic rings. The van der Waals surface area contributed by atoms with Crippen molar-refractivity contribution in [1.29, 1.82) is 0 Å². The standard InChI is InChI=1S/C23H28N2O6/c1-30-17-10-6-15(7-11-17)23(14-20(27)25(22(23)29)16-8-9-16)13-19(26)24-12-4-3-5-18(24)21(28)31-2/h6-7,10-11,16,18H,3-5,8-9,12-14H2,1-2H3. The molecule has 3 amide bonds. The second-order valence-electron chi connectivity index (χ2n) is 8.59. The molecule has 2 atom stereocenters. The first-order valence-electron chi connectivity index (χ1n) is 10.8. The highest BCUT2D eigenvalue weighted by Crippen LogP contribution is 2.45. The summed E-state index contributed by atoms with van der Waals surface area (Å²) in [5.41, 5.74) is -0.643. The molecular formula is C23H28N2O6. The van der Waals surface area contributed by atoms with Crippen LogP contribution in [0.3, 0.4) is 0 Å². The smallest absolute Gasteiger partial charge is 0.328 e. The highest BCUT2D eigenvalue weighted by atomic mass is 16.5. The maximum atomic E-state index is 13.6. The average molecular weight is 428 g/mol. The second-order valence-corrected chi connectivity index (χ2v) is 8.59. The molecule has 0 aromatic heterocycles. The molecule has 1 aromatic rings. The molecule has 1 saturated carbocycles. The summed E-state index contributed by atoms with van der Waals surface area (Å²) in [5, 5.41) is 0. The lowest BCUT2D eigenvalue weighted by molar-refractivity contribution is -0.155. The number of carbonyl (C=O) groups excluding carboxylic acids is 4. The average Bonchev–Trinajstić information content (AvgIpc) is 3.59. The summed E-state index contributed by atoms with van der Waals surface area (Å²) in [7, 11) is 2.86. The summed E-state index contributed by atoms with van der Waals surface area (Å²) in [6.07, 6.45) is 3.57. The minimum absolute atomic E-state index is 0.0445. The first kappa shape index (κ1) is 21.3. The van der Waals surface area contributed by atoms with Gasteiger partial charge in [-0.25, -0.2) is 4.79 Å². The molecule has 1 aliphatic carbocycles. The number of carbonyl (C=O) groups is 4. The van der Waals surface area contributed by atoms with Crippen LogP contribution >= 0.6 is 0 Å². The number of hydrogen-bond acceptors (Lipinski definition) is 6. The van der Waals surface area contributed by atoms with E-state index in [1.165, 1.54) is 16.9 Å². The molecule has 0 bridgehead atoms. The number of benzene rings is 1. The fourth-order valence-corrected chi connectivity index (χ4v) is 4.81. The predicted octanol–water partition coefficient (Wildman–Crippen LogP) is 1.80. The van der Waals surface area contributed by atoms with Crippen LogP contribution in [0.1, 0.15) is 50.5 Å². The van der Waals surface area contributed by atoms with Crippen LogP contribution in [-0.2, 0) is 29.3 Å². The Labute approximate surface area is 181 Å². The van der Waals surface area contributed by atoms with E-state index >= 15 is 0 Å². The van der Waals surface area contributed by atoms with Gasteiger partial charge in [0.15, 0.2) is 0 Å². The van der Waals surface area contributed by atoms with Gasteiger partial charge in [-0.15, -0.1) is 0 Å². The maximum Gasteiger partial charge on any atom is 0.328 e. The Hall–Kier alpha value is -2.90. The van der Waals surface area contributed by atoms with Crippen LogP contribution in [0.15, 0.2) is 24.3 Å². The molecule has 2 saturated heterocycles. The maximum absolute atomic E-state index is 13.6. The number of ether oxygens (including phenoxy) is 2. The number of imide groups is 1. The molecule has 166 valence electrons. The summed E-state index contributed by atoms with van der Waals surface area (Å²) in [5.74, 6) is -0.669. The zero-order chi connectivity index (χ0) is 22.2. The summed E-state index contributed by atoms with van der Waals surface area (Å²) >= 11 is 0. The van der Waals surface area contributed by atoms with Crippen molar-refractivity contribution in [2.75, 3.05) is 20.8 Å². The molecule has 1 aromatic carbocycles. The second kappa shape index (κ2) is 8.32. The van der Waals surface area contributed by atoms with E-state index in [9.17, 15) is 19.2 Å². The fraction of sp³-hybridized carbons (Fsp3) is 0.565. The van der Waals surface area contributed by atoms with E-state index in [1.807, 2.05) is 0 Å². The molecule has 0 N–H and O–H groups in total. The Balaban J connectivity index is 1.68. The van der Waals surface area contributed by atoms with Gasteiger partial charge in [0, 0.05) is 25.4 Å². The Morgan fingerprint density at radius 1 is 1.06 bits per heavy atom. The van der Waals surface area contributed by atoms with E-state index in [-0.39, 0.29) is 36.6 Å². The number of nitrogens with zero attached hydrogens (tertiary/aromatic N) is 2. The molecule has 0 spiro atoms. The number of amides is 3. The quantitative estimate of drug-likeness (QED) is 0.507. The van der Waals surface area contributed by atoms with Gasteiger partial charge in [-0.3, -0.25) is 19.3 Å². The molecule has 3 fully saturated rings. The lowest BCUT2D eigenvalue weighted by Gasteiger charge is -2.36. The molecule has 0 radical (unpaired) electrons. The number of rotatable bonds is 6. The molecule has 2 aliphatic heterocycles. The van der Waals surface area contributed by atoms with E-state index < -0.39 is 17.4 Å². The fourth-order valence-electron chi connectivity index (χ4n) is 4.81. The third-order valence-electron chi connectivity index (χ3n) is 6.65. The van der Waals surface area contributed by atoms with Gasteiger partial charge in [0.1, 0.15) is 11.8 Å². The van der Waals surface area contributed by atoms with Crippen molar-refractivity contribution >= 4 is 23.7 Å². The molecular weight excluding hydrogens is 400 g/mol. The summed E-state index contributed by atoms with van der Waals surface area (Å²) in [6.45, 7) is 0.436. The molecule has 31 heavy (non-hydrogen) atoms. The van der Waals surface area contributed by atoms with Gasteiger partial charge in [0.05, 0.1) is 19.6 Å². The van der Waals surface area contributed by atoms with E-state index in [4.69, 9.17) is 9.47 Å². The molecule has 8 nitrogen and oxygen atoms in total. The number of likely N-dealkylation sites (tertiary alicyclic amines) is 2. The molecule has 2 unspecified atom stereocenters. The minimum atomic E-state index is -1.26. The number of piperidine rings is 1. The summed E-state index contributed by atoms with van der Waals surface area (Å²) in [4.78, 5) is 55.0. The predicted molar refractivity (Wildman–Crippen MR) is 110 cm³/mol. The zero-order valence-corrected chi connectivity index (χ0v) is 18.0. The van der Waals surface area contributed by atoms with Crippen LogP contribution in [0.25, 0.3) is 0 Å². The lowest BCUT2D eigenvalue weighted by atomic mass is 9.75. The molecule has 8 heteroatoms. The molecule has 4 rings (SSSR count). The first-order valence-corrected chi connectivity index (χ1v) is 10.8. The van der Waals surface area contributed by atoms with Gasteiger partial charge in [0.25, 0.3) is 0 Å². The Kier molecular flexibility index (Phi) is 5.73. The van der Waals surface area contributed by atoms with Gasteiger partial charge in [-0.1, -0.05) is 12.1 Å². The Morgan fingerprint density at radius 2 is 1.77 bits per heavy atom. The van der Waals surface area contributed by atoms with Crippen molar-refractivity contribution in [3.8, 4) is 5.75 Å². The summed E-state index contributed by atoms with van der Waals surface area (Å²) < 4.78 is 10.1. The minimum Gasteiger partial charge on any atom is -0.497 e. The van der Waals surface area contributed by atoms with Gasteiger partial charge in [-0.2, -0.15) is 0 Å². The van der Waals surface area contributed by atoms with Crippen molar-refractivity contribution in [3.63, 3.8) is 0 Å². The van der Waals surface area contributed by atoms with Crippen LogP contribution < -0.4 is 4.74 Å². The molecule has 2 heterocycles. The van der Waals surface area contributed by atoms with Gasteiger partial charge < -0.3 is 14.4 Å². The summed E-state index contributed by atoms with van der Waals surface area (Å²) in [6, 6.07) is 6.26. The largest absolute Gasteiger partial charge is 0.497 e. The van der Waals surface area contributed by atoms with Gasteiger partial charge in [-0.05, 0) is 49.8 Å². The SMILES string of the molecule is COC(=O)C1CCCCN1C(=O)CC1(c2ccc(OC)cc2)CC(=O)N(C2CC2)C1=O. The highest BCUT2D eigenvalue weighted by Gasteiger charge is 2.57. The van der Waals surface area contributed by atoms with Crippen molar-refractivity contribution in [2.24, 2.45) is 0 Å². The van der Waals surface area contributed by atoms with E-state index in [0.29, 0.717) is 24.3 Å². The normalized spacial score (nSPS) is 26.2. The van der Waals surface area contributed by atoms with Crippen molar-refractivity contribution in [1.82, 2.24) is 9.80 Å². The van der Waals surface area contributed by atoms with Gasteiger partial charge >= 0.3 is 5.97 Å². The third kappa shape index (κ3) is 3.79. The zero-order valence-electron chi connectivity index (χ0n) is 18.0. The van der Waals surface area contributed by atoms with Crippen molar-refractivity contribution in [3.05, 3.63) is 29.8 Å². The van der Waals surface area contributed by atoms with Crippen LogP contribution in [0.4, 0.5) is 0 Å². The Morgan fingerprint density at radius 3 is 2.39 bits per heavy atom. The monoisotopic (exact) mass is 428 g/mol. The van der Waals surface area contributed by atoms with Crippen LogP contribution in [0, 0.1) is 0 Å². The lowest BCUT2D eigenvalue weighted by Crippen LogP contribution is -2.51. The van der Waals surface area contributed by atoms with E-state index in [0.717, 1.165) is 25.7 Å². The van der Waals surface area contributed by atoms with Crippen molar-refractivity contribution < 1.29 is 28.7 Å². The van der Waals surface area contributed by atoms with Crippen LogP contribution in [0.5, 0.6) is 5.75 Å². The first-order chi connectivity index (χ1) is 14.9.